The fourth-order valence-corrected chi connectivity index (χ4v) is 3.45. The molecule has 7 heteroatoms. The molecule has 2 heterocycles. The third kappa shape index (κ3) is 5.23. The molecule has 156 valence electrons. The van der Waals surface area contributed by atoms with Crippen LogP contribution in [-0.2, 0) is 15.9 Å². The first kappa shape index (κ1) is 21.5. The molecule has 2 aromatic rings. The number of aryl methyl sites for hydroxylation is 1. The topological polar surface area (TPSA) is 86.6 Å². The lowest BCUT2D eigenvalue weighted by atomic mass is 9.81. The maximum atomic E-state index is 13.3. The van der Waals surface area contributed by atoms with Crippen LogP contribution in [0.25, 0.3) is 0 Å². The lowest BCUT2D eigenvalue weighted by molar-refractivity contribution is -0.298. The van der Waals surface area contributed by atoms with Gasteiger partial charge in [0.1, 0.15) is 11.9 Å². The molecule has 1 aromatic carbocycles. The van der Waals surface area contributed by atoms with E-state index in [1.165, 1.54) is 0 Å². The molecule has 29 heavy (non-hydrogen) atoms. The SMILES string of the molecule is CC1(C)OCC(C)(C)C(C(=O)c2cc[nH]c2CCC(=S)Oc2ccc(N)cc2)O1. The molecular weight excluding hydrogens is 388 g/mol. The molecule has 1 aromatic heterocycles. The van der Waals surface area contributed by atoms with E-state index >= 15 is 0 Å². The van der Waals surface area contributed by atoms with Crippen LogP contribution in [0.5, 0.6) is 5.75 Å². The van der Waals surface area contributed by atoms with Gasteiger partial charge in [0, 0.05) is 35.0 Å². The van der Waals surface area contributed by atoms with Crippen molar-refractivity contribution in [1.29, 1.82) is 0 Å². The minimum absolute atomic E-state index is 0.0482. The Bertz CT molecular complexity index is 886. The van der Waals surface area contributed by atoms with Gasteiger partial charge >= 0.3 is 0 Å². The number of rotatable bonds is 6. The van der Waals surface area contributed by atoms with Crippen LogP contribution in [0.3, 0.4) is 0 Å². The minimum Gasteiger partial charge on any atom is -0.450 e. The molecule has 3 rings (SSSR count). The Morgan fingerprint density at radius 3 is 2.62 bits per heavy atom. The van der Waals surface area contributed by atoms with Gasteiger partial charge in [-0.2, -0.15) is 0 Å². The van der Waals surface area contributed by atoms with Gasteiger partial charge in [0.25, 0.3) is 0 Å². The molecule has 1 aliphatic rings. The van der Waals surface area contributed by atoms with Crippen molar-refractivity contribution in [3.05, 3.63) is 47.8 Å². The standard InChI is InChI=1S/C22H28N2O4S/c1-21(2)13-26-22(3,4)28-20(21)19(25)16-11-12-24-17(16)9-10-18(29)27-15-7-5-14(23)6-8-15/h5-8,11-12,20,24H,9-10,13,23H2,1-4H3. The highest BCUT2D eigenvalue weighted by Gasteiger charge is 2.46. The van der Waals surface area contributed by atoms with Gasteiger partial charge in [-0.15, -0.1) is 0 Å². The number of benzene rings is 1. The summed E-state index contributed by atoms with van der Waals surface area (Å²) in [6.07, 6.45) is 2.25. The zero-order valence-corrected chi connectivity index (χ0v) is 18.1. The molecule has 0 aliphatic carbocycles. The predicted molar refractivity (Wildman–Crippen MR) is 116 cm³/mol. The van der Waals surface area contributed by atoms with Crippen molar-refractivity contribution < 1.29 is 19.0 Å². The van der Waals surface area contributed by atoms with E-state index < -0.39 is 17.3 Å². The molecular formula is C22H28N2O4S. The number of anilines is 1. The number of hydrogen-bond acceptors (Lipinski definition) is 6. The predicted octanol–water partition coefficient (Wildman–Crippen LogP) is 4.30. The highest BCUT2D eigenvalue weighted by molar-refractivity contribution is 7.80. The van der Waals surface area contributed by atoms with Crippen molar-refractivity contribution >= 4 is 28.7 Å². The fraction of sp³-hybridized carbons (Fsp3) is 0.455. The second kappa shape index (κ2) is 8.26. The number of Topliss-reactive ketones (excluding diaryl/α,β-unsaturated/α-hetero) is 1. The first-order valence-electron chi connectivity index (χ1n) is 9.66. The Kier molecular flexibility index (Phi) is 6.12. The van der Waals surface area contributed by atoms with Gasteiger partial charge in [0.2, 0.25) is 0 Å². The number of nitrogen functional groups attached to an aromatic ring is 1. The summed E-state index contributed by atoms with van der Waals surface area (Å²) in [6, 6.07) is 8.87. The highest BCUT2D eigenvalue weighted by atomic mass is 32.1. The fourth-order valence-electron chi connectivity index (χ4n) is 3.25. The van der Waals surface area contributed by atoms with E-state index in [2.05, 4.69) is 4.98 Å². The van der Waals surface area contributed by atoms with Crippen LogP contribution in [0, 0.1) is 5.41 Å². The summed E-state index contributed by atoms with van der Waals surface area (Å²) in [6.45, 7) is 8.07. The normalized spacial score (nSPS) is 20.2. The molecule has 1 aliphatic heterocycles. The number of aromatic amines is 1. The maximum absolute atomic E-state index is 13.3. The smallest absolute Gasteiger partial charge is 0.194 e. The van der Waals surface area contributed by atoms with Gasteiger partial charge in [0.05, 0.1) is 6.61 Å². The molecule has 3 N–H and O–H groups in total. The first-order valence-corrected chi connectivity index (χ1v) is 10.1. The highest BCUT2D eigenvalue weighted by Crippen LogP contribution is 2.37. The van der Waals surface area contributed by atoms with Crippen molar-refractivity contribution in [3.8, 4) is 5.75 Å². The van der Waals surface area contributed by atoms with E-state index in [1.54, 1.807) is 36.5 Å². The quantitative estimate of drug-likeness (QED) is 0.415. The van der Waals surface area contributed by atoms with Crippen molar-refractivity contribution in [2.45, 2.75) is 52.4 Å². The Labute approximate surface area is 176 Å². The van der Waals surface area contributed by atoms with E-state index in [0.29, 0.717) is 41.5 Å². The number of aromatic nitrogens is 1. The largest absolute Gasteiger partial charge is 0.450 e. The summed E-state index contributed by atoms with van der Waals surface area (Å²) >= 11 is 5.35. The van der Waals surface area contributed by atoms with Gasteiger partial charge < -0.3 is 24.9 Å². The number of ether oxygens (including phenoxy) is 3. The summed E-state index contributed by atoms with van der Waals surface area (Å²) < 4.78 is 17.4. The van der Waals surface area contributed by atoms with Crippen molar-refractivity contribution in [2.24, 2.45) is 5.41 Å². The lowest BCUT2D eigenvalue weighted by Crippen LogP contribution is -2.53. The number of carbonyl (C=O) groups is 1. The molecule has 0 bridgehead atoms. The number of ketones is 1. The molecule has 1 fully saturated rings. The van der Waals surface area contributed by atoms with Crippen LogP contribution >= 0.6 is 12.2 Å². The number of H-pyrrole nitrogens is 1. The van der Waals surface area contributed by atoms with Gasteiger partial charge in [-0.1, -0.05) is 13.8 Å². The first-order chi connectivity index (χ1) is 13.6. The molecule has 6 nitrogen and oxygen atoms in total. The summed E-state index contributed by atoms with van der Waals surface area (Å²) in [7, 11) is 0. The Morgan fingerprint density at radius 1 is 1.24 bits per heavy atom. The van der Waals surface area contributed by atoms with E-state index in [4.69, 9.17) is 32.2 Å². The van der Waals surface area contributed by atoms with E-state index in [-0.39, 0.29) is 5.78 Å². The van der Waals surface area contributed by atoms with Crippen LogP contribution in [0.15, 0.2) is 36.5 Å². The number of carbonyl (C=O) groups excluding carboxylic acids is 1. The van der Waals surface area contributed by atoms with Crippen molar-refractivity contribution in [1.82, 2.24) is 4.98 Å². The van der Waals surface area contributed by atoms with Crippen LogP contribution in [0.1, 0.15) is 50.2 Å². The van der Waals surface area contributed by atoms with Gasteiger partial charge in [-0.25, -0.2) is 0 Å². The second-order valence-corrected chi connectivity index (χ2v) is 8.91. The van der Waals surface area contributed by atoms with Gasteiger partial charge in [-0.3, -0.25) is 4.79 Å². The van der Waals surface area contributed by atoms with Crippen LogP contribution in [0.4, 0.5) is 5.69 Å². The monoisotopic (exact) mass is 416 g/mol. The molecule has 1 saturated heterocycles. The van der Waals surface area contributed by atoms with E-state index in [9.17, 15) is 4.79 Å². The van der Waals surface area contributed by atoms with Crippen molar-refractivity contribution in [3.63, 3.8) is 0 Å². The number of thiocarbonyl (C=S) groups is 1. The average Bonchev–Trinajstić information content (AvgIpc) is 3.12. The molecule has 0 spiro atoms. The lowest BCUT2D eigenvalue weighted by Gasteiger charge is -2.45. The van der Waals surface area contributed by atoms with Gasteiger partial charge in [-0.05, 0) is 62.8 Å². The molecule has 1 atom stereocenters. The Hall–Kier alpha value is -2.22. The van der Waals surface area contributed by atoms with Crippen LogP contribution in [-0.4, -0.2) is 34.3 Å². The minimum atomic E-state index is -0.791. The van der Waals surface area contributed by atoms with Gasteiger partial charge in [0.15, 0.2) is 16.6 Å². The van der Waals surface area contributed by atoms with Crippen LogP contribution in [0.2, 0.25) is 0 Å². The number of hydrogen-bond donors (Lipinski definition) is 2. The second-order valence-electron chi connectivity index (χ2n) is 8.45. The molecule has 1 unspecified atom stereocenters. The van der Waals surface area contributed by atoms with Crippen LogP contribution < -0.4 is 10.5 Å². The third-order valence-electron chi connectivity index (χ3n) is 4.93. The maximum Gasteiger partial charge on any atom is 0.194 e. The number of nitrogens with one attached hydrogen (secondary N) is 1. The third-order valence-corrected chi connectivity index (χ3v) is 5.22. The van der Waals surface area contributed by atoms with E-state index in [1.807, 2.05) is 27.7 Å². The summed E-state index contributed by atoms with van der Waals surface area (Å²) in [5.41, 5.74) is 7.37. The van der Waals surface area contributed by atoms with E-state index in [0.717, 1.165) is 5.69 Å². The summed E-state index contributed by atoms with van der Waals surface area (Å²) in [4.78, 5) is 16.4. The molecule has 0 saturated carbocycles. The molecule has 0 amide bonds. The Balaban J connectivity index is 1.66. The number of nitrogens with two attached hydrogens (primary N) is 1. The summed E-state index contributed by atoms with van der Waals surface area (Å²) in [5, 5.41) is 0.451. The zero-order valence-electron chi connectivity index (χ0n) is 17.3. The zero-order chi connectivity index (χ0) is 21.2. The molecule has 0 radical (unpaired) electrons. The van der Waals surface area contributed by atoms with Crippen molar-refractivity contribution in [2.75, 3.05) is 12.3 Å². The Morgan fingerprint density at radius 2 is 1.93 bits per heavy atom. The average molecular weight is 417 g/mol. The summed E-state index contributed by atoms with van der Waals surface area (Å²) in [5.74, 6) is -0.194.